The van der Waals surface area contributed by atoms with E-state index in [0.29, 0.717) is 13.0 Å². The van der Waals surface area contributed by atoms with Crippen molar-refractivity contribution in [2.24, 2.45) is 0 Å². The average Bonchev–Trinajstić information content (AvgIpc) is 2.71. The molecule has 1 atom stereocenters. The summed E-state index contributed by atoms with van der Waals surface area (Å²) in [5, 5.41) is 9.54. The second kappa shape index (κ2) is 9.87. The fraction of sp³-hybridized carbons (Fsp3) is 0.455. The van der Waals surface area contributed by atoms with Gasteiger partial charge in [-0.1, -0.05) is 18.2 Å². The molecule has 1 fully saturated rings. The summed E-state index contributed by atoms with van der Waals surface area (Å²) in [4.78, 5) is 4.64. The Kier molecular flexibility index (Phi) is 7.25. The summed E-state index contributed by atoms with van der Waals surface area (Å²) in [7, 11) is 3.29. The zero-order valence-corrected chi connectivity index (χ0v) is 16.6. The number of ether oxygens (including phenoxy) is 2. The van der Waals surface area contributed by atoms with E-state index in [2.05, 4.69) is 9.80 Å². The predicted molar refractivity (Wildman–Crippen MR) is 107 cm³/mol. The lowest BCUT2D eigenvalue weighted by Gasteiger charge is -2.41. The quantitative estimate of drug-likeness (QED) is 0.753. The van der Waals surface area contributed by atoms with Crippen LogP contribution in [0, 0.1) is 5.82 Å². The lowest BCUT2D eigenvalue weighted by Crippen LogP contribution is -2.52. The normalized spacial score (nSPS) is 18.2. The van der Waals surface area contributed by atoms with Gasteiger partial charge in [-0.15, -0.1) is 0 Å². The summed E-state index contributed by atoms with van der Waals surface area (Å²) in [6.45, 7) is 4.00. The van der Waals surface area contributed by atoms with Gasteiger partial charge in [0.15, 0.2) is 0 Å². The molecule has 0 aromatic heterocycles. The Balaban J connectivity index is 1.68. The fourth-order valence-corrected chi connectivity index (χ4v) is 3.79. The number of aliphatic hydroxyl groups is 1. The zero-order chi connectivity index (χ0) is 19.9. The molecule has 0 amide bonds. The second-order valence-corrected chi connectivity index (χ2v) is 7.18. The first kappa shape index (κ1) is 20.6. The highest BCUT2D eigenvalue weighted by Gasteiger charge is 2.27. The first-order valence-corrected chi connectivity index (χ1v) is 9.65. The van der Waals surface area contributed by atoms with E-state index in [9.17, 15) is 9.50 Å². The Hall–Kier alpha value is -2.15. The van der Waals surface area contributed by atoms with E-state index in [1.54, 1.807) is 20.3 Å². The predicted octanol–water partition coefficient (Wildman–Crippen LogP) is 2.91. The van der Waals surface area contributed by atoms with Crippen LogP contribution in [0.5, 0.6) is 11.5 Å². The third kappa shape index (κ3) is 5.22. The lowest BCUT2D eigenvalue weighted by atomic mass is 10.1. The van der Waals surface area contributed by atoms with E-state index in [0.717, 1.165) is 48.8 Å². The van der Waals surface area contributed by atoms with Gasteiger partial charge in [0.25, 0.3) is 0 Å². The maximum absolute atomic E-state index is 14.0. The monoisotopic (exact) mass is 388 g/mol. The molecule has 0 bridgehead atoms. The summed E-state index contributed by atoms with van der Waals surface area (Å²) in [5.41, 5.74) is 1.83. The van der Waals surface area contributed by atoms with Crippen molar-refractivity contribution in [3.8, 4) is 11.5 Å². The number of halogens is 1. The topological polar surface area (TPSA) is 45.2 Å². The van der Waals surface area contributed by atoms with Crippen molar-refractivity contribution in [2.75, 3.05) is 40.5 Å². The van der Waals surface area contributed by atoms with Crippen molar-refractivity contribution in [1.82, 2.24) is 9.80 Å². The number of rotatable bonds is 8. The van der Waals surface area contributed by atoms with Crippen molar-refractivity contribution in [2.45, 2.75) is 25.6 Å². The number of hydrogen-bond acceptors (Lipinski definition) is 5. The van der Waals surface area contributed by atoms with Gasteiger partial charge in [0.2, 0.25) is 0 Å². The number of methoxy groups -OCH3 is 2. The third-order valence-electron chi connectivity index (χ3n) is 5.30. The summed E-state index contributed by atoms with van der Waals surface area (Å²) < 4.78 is 24.7. The van der Waals surface area contributed by atoms with Crippen LogP contribution in [0.1, 0.15) is 17.5 Å². The standard InChI is InChI=1S/C22H29FN2O3/c1-27-20-11-17(12-21(13-20)28-2)14-25-9-8-24(16-19(25)7-10-26)15-18-5-3-4-6-22(18)23/h3-6,11-13,19,26H,7-10,14-16H2,1-2H3/t19-/m0/s1. The van der Waals surface area contributed by atoms with Gasteiger partial charge in [-0.25, -0.2) is 4.39 Å². The lowest BCUT2D eigenvalue weighted by molar-refractivity contribution is 0.0494. The van der Waals surface area contributed by atoms with Crippen LogP contribution in [-0.4, -0.2) is 61.4 Å². The largest absolute Gasteiger partial charge is 0.497 e. The van der Waals surface area contributed by atoms with Crippen LogP contribution in [0.25, 0.3) is 0 Å². The highest BCUT2D eigenvalue weighted by molar-refractivity contribution is 5.38. The van der Waals surface area contributed by atoms with Crippen LogP contribution < -0.4 is 9.47 Å². The molecule has 5 nitrogen and oxygen atoms in total. The summed E-state index contributed by atoms with van der Waals surface area (Å²) in [6.07, 6.45) is 0.689. The second-order valence-electron chi connectivity index (χ2n) is 7.18. The molecule has 2 aromatic carbocycles. The highest BCUT2D eigenvalue weighted by atomic mass is 19.1. The molecule has 0 radical (unpaired) electrons. The van der Waals surface area contributed by atoms with Crippen LogP contribution >= 0.6 is 0 Å². The van der Waals surface area contributed by atoms with E-state index in [-0.39, 0.29) is 18.5 Å². The van der Waals surface area contributed by atoms with Crippen LogP contribution in [-0.2, 0) is 13.1 Å². The van der Waals surface area contributed by atoms with Crippen molar-refractivity contribution in [1.29, 1.82) is 0 Å². The maximum atomic E-state index is 14.0. The van der Waals surface area contributed by atoms with Gasteiger partial charge >= 0.3 is 0 Å². The van der Waals surface area contributed by atoms with E-state index in [1.165, 1.54) is 6.07 Å². The van der Waals surface area contributed by atoms with Crippen molar-refractivity contribution in [3.05, 3.63) is 59.4 Å². The molecule has 1 aliphatic heterocycles. The molecule has 1 N–H and O–H groups in total. The molecule has 2 aromatic rings. The van der Waals surface area contributed by atoms with Crippen LogP contribution in [0.15, 0.2) is 42.5 Å². The molecule has 6 heteroatoms. The summed E-state index contributed by atoms with van der Waals surface area (Å²) in [5.74, 6) is 1.38. The number of aliphatic hydroxyl groups excluding tert-OH is 1. The molecule has 0 unspecified atom stereocenters. The van der Waals surface area contributed by atoms with Crippen molar-refractivity contribution in [3.63, 3.8) is 0 Å². The Morgan fingerprint density at radius 2 is 1.75 bits per heavy atom. The van der Waals surface area contributed by atoms with E-state index in [4.69, 9.17) is 9.47 Å². The molecule has 0 spiro atoms. The van der Waals surface area contributed by atoms with E-state index < -0.39 is 0 Å². The minimum atomic E-state index is -0.160. The minimum absolute atomic E-state index is 0.135. The molecule has 0 saturated carbocycles. The van der Waals surface area contributed by atoms with Crippen molar-refractivity contribution >= 4 is 0 Å². The molecule has 0 aliphatic carbocycles. The Morgan fingerprint density at radius 3 is 2.39 bits per heavy atom. The first-order valence-electron chi connectivity index (χ1n) is 9.65. The Labute approximate surface area is 166 Å². The molecule has 152 valence electrons. The fourth-order valence-electron chi connectivity index (χ4n) is 3.79. The molecule has 1 aliphatic rings. The van der Waals surface area contributed by atoms with Gasteiger partial charge in [-0.05, 0) is 30.2 Å². The number of nitrogens with zero attached hydrogens (tertiary/aromatic N) is 2. The average molecular weight is 388 g/mol. The summed E-state index contributed by atoms with van der Waals surface area (Å²) in [6, 6.07) is 13.0. The van der Waals surface area contributed by atoms with Crippen LogP contribution in [0.4, 0.5) is 4.39 Å². The van der Waals surface area contributed by atoms with E-state index in [1.807, 2.05) is 30.3 Å². The molecule has 28 heavy (non-hydrogen) atoms. The molecule has 1 heterocycles. The molecular formula is C22H29FN2O3. The van der Waals surface area contributed by atoms with Crippen LogP contribution in [0.3, 0.4) is 0 Å². The van der Waals surface area contributed by atoms with Gasteiger partial charge in [-0.3, -0.25) is 9.80 Å². The van der Waals surface area contributed by atoms with E-state index >= 15 is 0 Å². The molecule has 1 saturated heterocycles. The molecule has 3 rings (SSSR count). The Bertz CT molecular complexity index is 749. The third-order valence-corrected chi connectivity index (χ3v) is 5.30. The minimum Gasteiger partial charge on any atom is -0.497 e. The Morgan fingerprint density at radius 1 is 1.04 bits per heavy atom. The highest BCUT2D eigenvalue weighted by Crippen LogP contribution is 2.25. The zero-order valence-electron chi connectivity index (χ0n) is 16.6. The number of benzene rings is 2. The SMILES string of the molecule is COc1cc(CN2CCN(Cc3ccccc3F)C[C@@H]2CCO)cc(OC)c1. The summed E-state index contributed by atoms with van der Waals surface area (Å²) >= 11 is 0. The van der Waals surface area contributed by atoms with Gasteiger partial charge in [0.1, 0.15) is 17.3 Å². The van der Waals surface area contributed by atoms with Gasteiger partial charge < -0.3 is 14.6 Å². The van der Waals surface area contributed by atoms with Gasteiger partial charge in [-0.2, -0.15) is 0 Å². The van der Waals surface area contributed by atoms with Crippen molar-refractivity contribution < 1.29 is 19.0 Å². The smallest absolute Gasteiger partial charge is 0.127 e. The van der Waals surface area contributed by atoms with Gasteiger partial charge in [0, 0.05) is 57.0 Å². The maximum Gasteiger partial charge on any atom is 0.127 e. The first-order chi connectivity index (χ1) is 13.6. The van der Waals surface area contributed by atoms with Crippen LogP contribution in [0.2, 0.25) is 0 Å². The number of piperazine rings is 1. The number of hydrogen-bond donors (Lipinski definition) is 1. The molecular weight excluding hydrogens is 359 g/mol. The van der Waals surface area contributed by atoms with Gasteiger partial charge in [0.05, 0.1) is 14.2 Å².